The van der Waals surface area contributed by atoms with Gasteiger partial charge in [0.05, 0.1) is 11.0 Å². The zero-order valence-electron chi connectivity index (χ0n) is 11.1. The Morgan fingerprint density at radius 3 is 2.67 bits per heavy atom. The predicted octanol–water partition coefficient (Wildman–Crippen LogP) is 3.97. The van der Waals surface area contributed by atoms with Gasteiger partial charge in [-0.3, -0.25) is 4.98 Å². The molecular formula is C17H11N3O. The fraction of sp³-hybridized carbons (Fsp3) is 0. The molecule has 0 atom stereocenters. The summed E-state index contributed by atoms with van der Waals surface area (Å²) in [5, 5.41) is 2.06. The van der Waals surface area contributed by atoms with Crippen LogP contribution in [-0.4, -0.2) is 15.0 Å². The van der Waals surface area contributed by atoms with Crippen molar-refractivity contribution >= 4 is 21.8 Å². The highest BCUT2D eigenvalue weighted by atomic mass is 16.5. The molecule has 0 radical (unpaired) electrons. The van der Waals surface area contributed by atoms with E-state index in [2.05, 4.69) is 15.0 Å². The normalized spacial score (nSPS) is 10.9. The van der Waals surface area contributed by atoms with Crippen LogP contribution in [0.1, 0.15) is 0 Å². The Balaban J connectivity index is 1.71. The van der Waals surface area contributed by atoms with Crippen LogP contribution in [0, 0.1) is 0 Å². The first-order valence-corrected chi connectivity index (χ1v) is 6.63. The van der Waals surface area contributed by atoms with Crippen molar-refractivity contribution in [2.75, 3.05) is 0 Å². The van der Waals surface area contributed by atoms with Crippen molar-refractivity contribution in [1.82, 2.24) is 15.0 Å². The smallest absolute Gasteiger partial charge is 0.322 e. The highest BCUT2D eigenvalue weighted by Gasteiger charge is 2.03. The standard InChI is InChI=1S/C17H11N3O/c1-2-6-15-13(4-1)11-19-17(20-15)21-14-8-7-12-5-3-9-18-16(12)10-14/h1-11H. The molecule has 0 unspecified atom stereocenters. The van der Waals surface area contributed by atoms with E-state index in [0.717, 1.165) is 21.8 Å². The number of benzene rings is 2. The third-order valence-electron chi connectivity index (χ3n) is 3.25. The molecule has 0 fully saturated rings. The molecule has 21 heavy (non-hydrogen) atoms. The van der Waals surface area contributed by atoms with Crippen molar-refractivity contribution in [2.24, 2.45) is 0 Å². The van der Waals surface area contributed by atoms with Crippen molar-refractivity contribution in [1.29, 1.82) is 0 Å². The summed E-state index contributed by atoms with van der Waals surface area (Å²) in [6.45, 7) is 0. The Hall–Kier alpha value is -3.01. The predicted molar refractivity (Wildman–Crippen MR) is 81.4 cm³/mol. The number of pyridine rings is 1. The Morgan fingerprint density at radius 2 is 1.67 bits per heavy atom. The van der Waals surface area contributed by atoms with Crippen molar-refractivity contribution in [3.63, 3.8) is 0 Å². The Morgan fingerprint density at radius 1 is 0.762 bits per heavy atom. The molecule has 0 N–H and O–H groups in total. The average Bonchev–Trinajstić information content (AvgIpc) is 2.55. The average molecular weight is 273 g/mol. The lowest BCUT2D eigenvalue weighted by Gasteiger charge is -2.05. The SMILES string of the molecule is c1cnc2cc(Oc3ncc4ccccc4n3)ccc2c1. The van der Waals surface area contributed by atoms with Gasteiger partial charge < -0.3 is 4.74 Å². The molecule has 0 amide bonds. The van der Waals surface area contributed by atoms with Gasteiger partial charge in [-0.1, -0.05) is 24.3 Å². The molecule has 0 saturated heterocycles. The molecule has 4 heteroatoms. The van der Waals surface area contributed by atoms with Crippen LogP contribution < -0.4 is 4.74 Å². The molecule has 0 aliphatic rings. The second-order valence-electron chi connectivity index (χ2n) is 4.67. The van der Waals surface area contributed by atoms with E-state index in [-0.39, 0.29) is 0 Å². The fourth-order valence-corrected chi connectivity index (χ4v) is 2.22. The molecule has 2 aromatic carbocycles. The number of ether oxygens (including phenoxy) is 1. The van der Waals surface area contributed by atoms with Crippen molar-refractivity contribution in [3.8, 4) is 11.8 Å². The fourth-order valence-electron chi connectivity index (χ4n) is 2.22. The quantitative estimate of drug-likeness (QED) is 0.554. The van der Waals surface area contributed by atoms with Gasteiger partial charge in [0.1, 0.15) is 5.75 Å². The number of hydrogen-bond donors (Lipinski definition) is 0. The minimum absolute atomic E-state index is 0.337. The molecule has 4 nitrogen and oxygen atoms in total. The topological polar surface area (TPSA) is 47.9 Å². The van der Waals surface area contributed by atoms with Gasteiger partial charge in [0.15, 0.2) is 0 Å². The molecule has 0 bridgehead atoms. The second-order valence-corrected chi connectivity index (χ2v) is 4.67. The molecular weight excluding hydrogens is 262 g/mol. The molecule has 4 aromatic rings. The van der Waals surface area contributed by atoms with E-state index < -0.39 is 0 Å². The maximum absolute atomic E-state index is 5.73. The van der Waals surface area contributed by atoms with Crippen molar-refractivity contribution in [3.05, 3.63) is 67.0 Å². The van der Waals surface area contributed by atoms with Crippen LogP contribution >= 0.6 is 0 Å². The molecule has 0 saturated carbocycles. The highest BCUT2D eigenvalue weighted by molar-refractivity contribution is 5.80. The van der Waals surface area contributed by atoms with E-state index in [1.54, 1.807) is 12.4 Å². The third kappa shape index (κ3) is 2.27. The first-order valence-electron chi connectivity index (χ1n) is 6.63. The van der Waals surface area contributed by atoms with E-state index in [0.29, 0.717) is 11.8 Å². The number of hydrogen-bond acceptors (Lipinski definition) is 4. The maximum Gasteiger partial charge on any atom is 0.322 e. The van der Waals surface area contributed by atoms with E-state index >= 15 is 0 Å². The summed E-state index contributed by atoms with van der Waals surface area (Å²) in [7, 11) is 0. The van der Waals surface area contributed by atoms with Crippen molar-refractivity contribution in [2.45, 2.75) is 0 Å². The van der Waals surface area contributed by atoms with E-state index in [1.807, 2.05) is 54.6 Å². The summed E-state index contributed by atoms with van der Waals surface area (Å²) in [6, 6.07) is 17.8. The van der Waals surface area contributed by atoms with Gasteiger partial charge in [-0.15, -0.1) is 0 Å². The molecule has 4 rings (SSSR count). The molecule has 100 valence electrons. The van der Waals surface area contributed by atoms with Crippen molar-refractivity contribution < 1.29 is 4.74 Å². The minimum Gasteiger partial charge on any atom is -0.424 e. The van der Waals surface area contributed by atoms with Crippen LogP contribution in [0.5, 0.6) is 11.8 Å². The Bertz CT molecular complexity index is 860. The number of aromatic nitrogens is 3. The van der Waals surface area contributed by atoms with Crippen LogP contribution in [0.3, 0.4) is 0 Å². The maximum atomic E-state index is 5.73. The van der Waals surface area contributed by atoms with E-state index in [9.17, 15) is 0 Å². The molecule has 0 aliphatic heterocycles. The Kier molecular flexibility index (Phi) is 2.71. The summed E-state index contributed by atoms with van der Waals surface area (Å²) < 4.78 is 5.73. The molecule has 2 aromatic heterocycles. The monoisotopic (exact) mass is 273 g/mol. The molecule has 2 heterocycles. The lowest BCUT2D eigenvalue weighted by molar-refractivity contribution is 0.445. The highest BCUT2D eigenvalue weighted by Crippen LogP contribution is 2.23. The third-order valence-corrected chi connectivity index (χ3v) is 3.25. The number of para-hydroxylation sites is 1. The largest absolute Gasteiger partial charge is 0.424 e. The van der Waals surface area contributed by atoms with Crippen LogP contribution in [0.25, 0.3) is 21.8 Å². The van der Waals surface area contributed by atoms with Gasteiger partial charge in [-0.25, -0.2) is 4.98 Å². The zero-order valence-corrected chi connectivity index (χ0v) is 11.1. The summed E-state index contributed by atoms with van der Waals surface area (Å²) >= 11 is 0. The number of fused-ring (bicyclic) bond motifs is 2. The van der Waals surface area contributed by atoms with Gasteiger partial charge in [0, 0.05) is 29.2 Å². The number of nitrogens with zero attached hydrogens (tertiary/aromatic N) is 3. The van der Waals surface area contributed by atoms with Crippen LogP contribution in [0.2, 0.25) is 0 Å². The van der Waals surface area contributed by atoms with Crippen LogP contribution in [-0.2, 0) is 0 Å². The summed E-state index contributed by atoms with van der Waals surface area (Å²) in [5.74, 6) is 0.677. The van der Waals surface area contributed by atoms with Gasteiger partial charge in [0.2, 0.25) is 0 Å². The lowest BCUT2D eigenvalue weighted by atomic mass is 10.2. The van der Waals surface area contributed by atoms with Gasteiger partial charge >= 0.3 is 6.01 Å². The molecule has 0 spiro atoms. The Labute approximate surface area is 121 Å². The van der Waals surface area contributed by atoms with E-state index in [4.69, 9.17) is 4.74 Å². The van der Waals surface area contributed by atoms with E-state index in [1.165, 1.54) is 0 Å². The van der Waals surface area contributed by atoms with Gasteiger partial charge in [0.25, 0.3) is 0 Å². The van der Waals surface area contributed by atoms with Crippen LogP contribution in [0.4, 0.5) is 0 Å². The van der Waals surface area contributed by atoms with Gasteiger partial charge in [-0.05, 0) is 24.3 Å². The summed E-state index contributed by atoms with van der Waals surface area (Å²) in [6.07, 6.45) is 3.52. The van der Waals surface area contributed by atoms with Gasteiger partial charge in [-0.2, -0.15) is 4.98 Å². The minimum atomic E-state index is 0.337. The summed E-state index contributed by atoms with van der Waals surface area (Å²) in [4.78, 5) is 12.9. The first-order chi connectivity index (χ1) is 10.4. The second kappa shape index (κ2) is 4.83. The lowest BCUT2D eigenvalue weighted by Crippen LogP contribution is -1.92. The number of rotatable bonds is 2. The molecule has 0 aliphatic carbocycles. The van der Waals surface area contributed by atoms with Crippen LogP contribution in [0.15, 0.2) is 67.0 Å². The zero-order chi connectivity index (χ0) is 14.1. The first kappa shape index (κ1) is 11.8. The summed E-state index contributed by atoms with van der Waals surface area (Å²) in [5.41, 5.74) is 1.75.